The summed E-state index contributed by atoms with van der Waals surface area (Å²) in [7, 11) is 0. The first kappa shape index (κ1) is 13.1. The molecule has 0 atom stereocenters. The molecular formula is C14H14O3. The SMILES string of the molecule is CC1=CC(=O)C=C(C)C1(O)C#C/C(C)=C/C=O. The maximum atomic E-state index is 11.2. The monoisotopic (exact) mass is 230 g/mol. The lowest BCUT2D eigenvalue weighted by molar-refractivity contribution is -0.111. The zero-order valence-corrected chi connectivity index (χ0v) is 10.1. The maximum absolute atomic E-state index is 11.2. The highest BCUT2D eigenvalue weighted by molar-refractivity contribution is 6.02. The van der Waals surface area contributed by atoms with Gasteiger partial charge >= 0.3 is 0 Å². The summed E-state index contributed by atoms with van der Waals surface area (Å²) < 4.78 is 0. The average molecular weight is 230 g/mol. The molecule has 0 saturated heterocycles. The molecule has 1 aliphatic rings. The highest BCUT2D eigenvalue weighted by Crippen LogP contribution is 2.28. The van der Waals surface area contributed by atoms with Crippen molar-refractivity contribution in [1.29, 1.82) is 0 Å². The number of allylic oxidation sites excluding steroid dienone is 4. The normalized spacial score (nSPS) is 18.8. The lowest BCUT2D eigenvalue weighted by atomic mass is 9.83. The van der Waals surface area contributed by atoms with E-state index in [1.165, 1.54) is 18.2 Å². The molecule has 0 fully saturated rings. The summed E-state index contributed by atoms with van der Waals surface area (Å²) in [5, 5.41) is 10.4. The lowest BCUT2D eigenvalue weighted by Crippen LogP contribution is -2.33. The fraction of sp³-hybridized carbons (Fsp3) is 0.286. The van der Waals surface area contributed by atoms with Crippen LogP contribution >= 0.6 is 0 Å². The molecule has 1 rings (SSSR count). The van der Waals surface area contributed by atoms with Crippen LogP contribution in [0, 0.1) is 11.8 Å². The molecule has 0 amide bonds. The number of ketones is 1. The zero-order chi connectivity index (χ0) is 13.1. The van der Waals surface area contributed by atoms with E-state index in [0.29, 0.717) is 23.0 Å². The first-order valence-corrected chi connectivity index (χ1v) is 5.19. The Bertz CT molecular complexity index is 485. The van der Waals surface area contributed by atoms with Gasteiger partial charge in [0.1, 0.15) is 6.29 Å². The number of rotatable bonds is 1. The Morgan fingerprint density at radius 3 is 2.35 bits per heavy atom. The molecule has 0 aromatic carbocycles. The third-order valence-electron chi connectivity index (χ3n) is 2.62. The fourth-order valence-corrected chi connectivity index (χ4v) is 1.52. The smallest absolute Gasteiger partial charge is 0.178 e. The molecule has 0 unspecified atom stereocenters. The van der Waals surface area contributed by atoms with E-state index in [1.807, 2.05) is 0 Å². The van der Waals surface area contributed by atoms with Gasteiger partial charge in [-0.3, -0.25) is 9.59 Å². The van der Waals surface area contributed by atoms with E-state index in [0.717, 1.165) is 0 Å². The van der Waals surface area contributed by atoms with E-state index in [2.05, 4.69) is 11.8 Å². The summed E-state index contributed by atoms with van der Waals surface area (Å²) in [5.74, 6) is 5.25. The van der Waals surface area contributed by atoms with Crippen molar-refractivity contribution in [1.82, 2.24) is 0 Å². The summed E-state index contributed by atoms with van der Waals surface area (Å²) in [6, 6.07) is 0. The number of hydrogen-bond donors (Lipinski definition) is 1. The molecule has 0 saturated carbocycles. The summed E-state index contributed by atoms with van der Waals surface area (Å²) in [5.41, 5.74) is 0.139. The molecule has 0 aliphatic heterocycles. The van der Waals surface area contributed by atoms with E-state index < -0.39 is 5.60 Å². The summed E-state index contributed by atoms with van der Waals surface area (Å²) in [6.07, 6.45) is 4.69. The Labute approximate surface area is 101 Å². The van der Waals surface area contributed by atoms with Crippen molar-refractivity contribution < 1.29 is 14.7 Å². The van der Waals surface area contributed by atoms with Gasteiger partial charge in [-0.2, -0.15) is 0 Å². The number of carbonyl (C=O) groups excluding carboxylic acids is 2. The van der Waals surface area contributed by atoms with E-state index >= 15 is 0 Å². The first-order chi connectivity index (χ1) is 7.90. The van der Waals surface area contributed by atoms with E-state index in [1.54, 1.807) is 20.8 Å². The molecule has 88 valence electrons. The molecule has 1 aliphatic carbocycles. The van der Waals surface area contributed by atoms with Crippen LogP contribution in [0.1, 0.15) is 20.8 Å². The van der Waals surface area contributed by atoms with Crippen LogP contribution in [0.4, 0.5) is 0 Å². The van der Waals surface area contributed by atoms with Crippen molar-refractivity contribution in [2.75, 3.05) is 0 Å². The molecule has 0 heterocycles. The highest BCUT2D eigenvalue weighted by atomic mass is 16.3. The number of carbonyl (C=O) groups is 2. The van der Waals surface area contributed by atoms with Crippen LogP contribution in [0.25, 0.3) is 0 Å². The third kappa shape index (κ3) is 2.80. The number of aldehydes is 1. The van der Waals surface area contributed by atoms with Gasteiger partial charge in [0, 0.05) is 5.57 Å². The van der Waals surface area contributed by atoms with Crippen molar-refractivity contribution >= 4 is 12.1 Å². The van der Waals surface area contributed by atoms with Crippen molar-refractivity contribution in [3.63, 3.8) is 0 Å². The van der Waals surface area contributed by atoms with Crippen LogP contribution in [0.5, 0.6) is 0 Å². The standard InChI is InChI=1S/C14H14O3/c1-10(5-7-15)4-6-14(17)11(2)8-13(16)9-12(14)3/h5,7-9,17H,1-3H3/b10-5+. The minimum Gasteiger partial charge on any atom is -0.370 e. The summed E-state index contributed by atoms with van der Waals surface area (Å²) in [4.78, 5) is 21.5. The molecule has 0 aromatic heterocycles. The van der Waals surface area contributed by atoms with Crippen molar-refractivity contribution in [3.8, 4) is 11.8 Å². The van der Waals surface area contributed by atoms with E-state index in [-0.39, 0.29) is 5.78 Å². The zero-order valence-electron chi connectivity index (χ0n) is 10.1. The second-order valence-corrected chi connectivity index (χ2v) is 4.00. The van der Waals surface area contributed by atoms with Gasteiger partial charge in [-0.15, -0.1) is 0 Å². The minimum absolute atomic E-state index is 0.147. The van der Waals surface area contributed by atoms with Crippen molar-refractivity contribution in [2.24, 2.45) is 0 Å². The Balaban J connectivity index is 3.15. The van der Waals surface area contributed by atoms with Crippen LogP contribution in [0.2, 0.25) is 0 Å². The van der Waals surface area contributed by atoms with Gasteiger partial charge in [0.15, 0.2) is 11.4 Å². The third-order valence-corrected chi connectivity index (χ3v) is 2.62. The van der Waals surface area contributed by atoms with Crippen LogP contribution < -0.4 is 0 Å². The van der Waals surface area contributed by atoms with Gasteiger partial charge in [0.2, 0.25) is 0 Å². The van der Waals surface area contributed by atoms with Gasteiger partial charge in [-0.05, 0) is 50.1 Å². The Hall–Kier alpha value is -1.92. The highest BCUT2D eigenvalue weighted by Gasteiger charge is 2.32. The minimum atomic E-state index is -1.41. The second-order valence-electron chi connectivity index (χ2n) is 4.00. The quantitative estimate of drug-likeness (QED) is 0.420. The number of hydrogen-bond acceptors (Lipinski definition) is 3. The molecule has 3 heteroatoms. The van der Waals surface area contributed by atoms with Crippen molar-refractivity contribution in [2.45, 2.75) is 26.4 Å². The van der Waals surface area contributed by atoms with Gasteiger partial charge in [0.05, 0.1) is 0 Å². The average Bonchev–Trinajstić information content (AvgIpc) is 2.24. The van der Waals surface area contributed by atoms with Crippen molar-refractivity contribution in [3.05, 3.63) is 34.9 Å². The van der Waals surface area contributed by atoms with Crippen LogP contribution in [-0.4, -0.2) is 22.8 Å². The van der Waals surface area contributed by atoms with Crippen LogP contribution in [0.15, 0.2) is 34.9 Å². The molecule has 0 aromatic rings. The Morgan fingerprint density at radius 1 is 1.35 bits per heavy atom. The largest absolute Gasteiger partial charge is 0.370 e. The topological polar surface area (TPSA) is 54.4 Å². The fourth-order valence-electron chi connectivity index (χ4n) is 1.52. The van der Waals surface area contributed by atoms with E-state index in [4.69, 9.17) is 0 Å². The molecule has 3 nitrogen and oxygen atoms in total. The molecular weight excluding hydrogens is 216 g/mol. The van der Waals surface area contributed by atoms with Crippen LogP contribution in [0.3, 0.4) is 0 Å². The van der Waals surface area contributed by atoms with Gasteiger partial charge in [0.25, 0.3) is 0 Å². The molecule has 0 bridgehead atoms. The second kappa shape index (κ2) is 4.94. The Kier molecular flexibility index (Phi) is 3.82. The predicted octanol–water partition coefficient (Wildman–Crippen LogP) is 1.34. The molecule has 1 N–H and O–H groups in total. The molecule has 0 spiro atoms. The lowest BCUT2D eigenvalue weighted by Gasteiger charge is -2.26. The maximum Gasteiger partial charge on any atom is 0.178 e. The molecule has 0 radical (unpaired) electrons. The predicted molar refractivity (Wildman–Crippen MR) is 65.1 cm³/mol. The van der Waals surface area contributed by atoms with Crippen LogP contribution in [-0.2, 0) is 9.59 Å². The van der Waals surface area contributed by atoms with Gasteiger partial charge < -0.3 is 5.11 Å². The first-order valence-electron chi connectivity index (χ1n) is 5.19. The Morgan fingerprint density at radius 2 is 1.88 bits per heavy atom. The van der Waals surface area contributed by atoms with Gasteiger partial charge in [-0.25, -0.2) is 0 Å². The summed E-state index contributed by atoms with van der Waals surface area (Å²) >= 11 is 0. The van der Waals surface area contributed by atoms with E-state index in [9.17, 15) is 14.7 Å². The summed E-state index contributed by atoms with van der Waals surface area (Å²) in [6.45, 7) is 4.99. The number of aliphatic hydroxyl groups is 1. The molecule has 17 heavy (non-hydrogen) atoms. The van der Waals surface area contributed by atoms with Gasteiger partial charge in [-0.1, -0.05) is 11.8 Å².